The van der Waals surface area contributed by atoms with Crippen LogP contribution in [0.2, 0.25) is 0 Å². The van der Waals surface area contributed by atoms with Crippen LogP contribution >= 0.6 is 0 Å². The molecule has 0 saturated carbocycles. The Hall–Kier alpha value is -0.820. The summed E-state index contributed by atoms with van der Waals surface area (Å²) < 4.78 is 5.18. The second kappa shape index (κ2) is 2.91. The summed E-state index contributed by atoms with van der Waals surface area (Å²) in [6.07, 6.45) is 1.59. The van der Waals surface area contributed by atoms with E-state index < -0.39 is 0 Å². The van der Waals surface area contributed by atoms with Gasteiger partial charge in [0.1, 0.15) is 0 Å². The van der Waals surface area contributed by atoms with Crippen LogP contribution in [0.1, 0.15) is 16.7 Å². The second-order valence-electron chi connectivity index (χ2n) is 3.58. The Balaban J connectivity index is 2.15. The first-order valence-electron chi connectivity index (χ1n) is 4.43. The van der Waals surface area contributed by atoms with Gasteiger partial charge in [0.15, 0.2) is 0 Å². The first-order valence-corrected chi connectivity index (χ1v) is 4.43. The molecule has 1 aliphatic rings. The molecule has 1 aromatic rings. The molecule has 1 atom stereocenters. The zero-order valence-electron chi connectivity index (χ0n) is 7.63. The van der Waals surface area contributed by atoms with Crippen molar-refractivity contribution in [2.45, 2.75) is 26.4 Å². The van der Waals surface area contributed by atoms with E-state index in [2.05, 4.69) is 32.0 Å². The van der Waals surface area contributed by atoms with Crippen LogP contribution in [-0.4, -0.2) is 12.7 Å². The summed E-state index contributed by atoms with van der Waals surface area (Å²) in [7, 11) is 0. The topological polar surface area (TPSA) is 12.5 Å². The van der Waals surface area contributed by atoms with Crippen molar-refractivity contribution in [2.24, 2.45) is 0 Å². The van der Waals surface area contributed by atoms with Crippen molar-refractivity contribution < 1.29 is 4.74 Å². The molecular formula is C11H14O. The van der Waals surface area contributed by atoms with Crippen molar-refractivity contribution in [3.8, 4) is 0 Å². The van der Waals surface area contributed by atoms with Crippen LogP contribution in [0.15, 0.2) is 18.2 Å². The molecule has 12 heavy (non-hydrogen) atoms. The van der Waals surface area contributed by atoms with Gasteiger partial charge in [-0.3, -0.25) is 0 Å². The van der Waals surface area contributed by atoms with Crippen LogP contribution in [0, 0.1) is 13.8 Å². The Morgan fingerprint density at radius 2 is 2.08 bits per heavy atom. The number of epoxide rings is 1. The smallest absolute Gasteiger partial charge is 0.0850 e. The molecule has 0 aromatic heterocycles. The summed E-state index contributed by atoms with van der Waals surface area (Å²) >= 11 is 0. The van der Waals surface area contributed by atoms with Gasteiger partial charge in [0, 0.05) is 6.42 Å². The van der Waals surface area contributed by atoms with Crippen LogP contribution in [0.4, 0.5) is 0 Å². The zero-order valence-corrected chi connectivity index (χ0v) is 7.63. The molecule has 0 aliphatic carbocycles. The average molecular weight is 162 g/mol. The maximum atomic E-state index is 5.18. The van der Waals surface area contributed by atoms with Crippen molar-refractivity contribution in [3.63, 3.8) is 0 Å². The van der Waals surface area contributed by atoms with Crippen molar-refractivity contribution >= 4 is 0 Å². The highest BCUT2D eigenvalue weighted by Crippen LogP contribution is 2.18. The SMILES string of the molecule is Cc1ccc(CC2CO2)cc1C. The van der Waals surface area contributed by atoms with Gasteiger partial charge in [-0.25, -0.2) is 0 Å². The van der Waals surface area contributed by atoms with Crippen LogP contribution in [0.5, 0.6) is 0 Å². The minimum atomic E-state index is 0.507. The van der Waals surface area contributed by atoms with Crippen LogP contribution in [-0.2, 0) is 11.2 Å². The molecule has 0 N–H and O–H groups in total. The molecule has 1 heterocycles. The van der Waals surface area contributed by atoms with Crippen molar-refractivity contribution in [1.29, 1.82) is 0 Å². The number of rotatable bonds is 2. The molecule has 64 valence electrons. The molecule has 1 heteroatoms. The summed E-state index contributed by atoms with van der Waals surface area (Å²) in [6, 6.07) is 6.65. The van der Waals surface area contributed by atoms with Gasteiger partial charge in [0.2, 0.25) is 0 Å². The molecule has 0 bridgehead atoms. The Morgan fingerprint density at radius 1 is 1.33 bits per heavy atom. The molecule has 0 amide bonds. The third-order valence-corrected chi connectivity index (χ3v) is 2.44. The van der Waals surface area contributed by atoms with Gasteiger partial charge in [-0.15, -0.1) is 0 Å². The largest absolute Gasteiger partial charge is 0.373 e. The predicted molar refractivity (Wildman–Crippen MR) is 49.4 cm³/mol. The maximum Gasteiger partial charge on any atom is 0.0850 e. The Morgan fingerprint density at radius 3 is 2.67 bits per heavy atom. The average Bonchev–Trinajstić information content (AvgIpc) is 2.81. The molecule has 1 saturated heterocycles. The van der Waals surface area contributed by atoms with E-state index in [0.717, 1.165) is 13.0 Å². The summed E-state index contributed by atoms with van der Waals surface area (Å²) in [5, 5.41) is 0. The molecule has 1 unspecified atom stereocenters. The molecule has 0 radical (unpaired) electrons. The number of hydrogen-bond acceptors (Lipinski definition) is 1. The van der Waals surface area contributed by atoms with Gasteiger partial charge in [-0.2, -0.15) is 0 Å². The Bertz CT molecular complexity index is 287. The van der Waals surface area contributed by atoms with E-state index >= 15 is 0 Å². The highest BCUT2D eigenvalue weighted by molar-refractivity contribution is 5.30. The van der Waals surface area contributed by atoms with Gasteiger partial charge in [-0.1, -0.05) is 18.2 Å². The summed E-state index contributed by atoms with van der Waals surface area (Å²) in [5.74, 6) is 0. The number of aryl methyl sites for hydroxylation is 2. The van der Waals surface area contributed by atoms with Crippen molar-refractivity contribution in [2.75, 3.05) is 6.61 Å². The van der Waals surface area contributed by atoms with Gasteiger partial charge >= 0.3 is 0 Å². The van der Waals surface area contributed by atoms with Gasteiger partial charge in [0.25, 0.3) is 0 Å². The lowest BCUT2D eigenvalue weighted by Gasteiger charge is -2.02. The first-order chi connectivity index (χ1) is 5.75. The van der Waals surface area contributed by atoms with E-state index in [1.807, 2.05) is 0 Å². The van der Waals surface area contributed by atoms with E-state index in [9.17, 15) is 0 Å². The highest BCUT2D eigenvalue weighted by atomic mass is 16.6. The molecule has 1 nitrogen and oxygen atoms in total. The Kier molecular flexibility index (Phi) is 1.89. The summed E-state index contributed by atoms with van der Waals surface area (Å²) in [4.78, 5) is 0. The van der Waals surface area contributed by atoms with E-state index in [1.165, 1.54) is 16.7 Å². The van der Waals surface area contributed by atoms with Crippen molar-refractivity contribution in [3.05, 3.63) is 34.9 Å². The quantitative estimate of drug-likeness (QED) is 0.607. The highest BCUT2D eigenvalue weighted by Gasteiger charge is 2.22. The molecule has 1 aromatic carbocycles. The van der Waals surface area contributed by atoms with Gasteiger partial charge in [0.05, 0.1) is 12.7 Å². The standard InChI is InChI=1S/C11H14O/c1-8-3-4-10(5-9(8)2)6-11-7-12-11/h3-5,11H,6-7H2,1-2H3. The monoisotopic (exact) mass is 162 g/mol. The molecule has 0 spiro atoms. The van der Waals surface area contributed by atoms with E-state index in [-0.39, 0.29) is 0 Å². The molecule has 1 aliphatic heterocycles. The molecular weight excluding hydrogens is 148 g/mol. The van der Waals surface area contributed by atoms with Gasteiger partial charge in [-0.05, 0) is 30.5 Å². The first kappa shape index (κ1) is 7.81. The minimum Gasteiger partial charge on any atom is -0.373 e. The van der Waals surface area contributed by atoms with Crippen LogP contribution in [0.25, 0.3) is 0 Å². The van der Waals surface area contributed by atoms with Crippen LogP contribution in [0.3, 0.4) is 0 Å². The minimum absolute atomic E-state index is 0.507. The fraction of sp³-hybridized carbons (Fsp3) is 0.455. The predicted octanol–water partition coefficient (Wildman–Crippen LogP) is 2.24. The third kappa shape index (κ3) is 1.67. The van der Waals surface area contributed by atoms with E-state index in [0.29, 0.717) is 6.10 Å². The van der Waals surface area contributed by atoms with Gasteiger partial charge < -0.3 is 4.74 Å². The molecule has 2 rings (SSSR count). The lowest BCUT2D eigenvalue weighted by atomic mass is 10.0. The maximum absolute atomic E-state index is 5.18. The number of benzene rings is 1. The molecule has 1 fully saturated rings. The van der Waals surface area contributed by atoms with E-state index in [4.69, 9.17) is 4.74 Å². The fourth-order valence-electron chi connectivity index (χ4n) is 1.38. The second-order valence-corrected chi connectivity index (χ2v) is 3.58. The van der Waals surface area contributed by atoms with Crippen LogP contribution < -0.4 is 0 Å². The number of ether oxygens (including phenoxy) is 1. The van der Waals surface area contributed by atoms with E-state index in [1.54, 1.807) is 0 Å². The number of hydrogen-bond donors (Lipinski definition) is 0. The fourth-order valence-corrected chi connectivity index (χ4v) is 1.38. The zero-order chi connectivity index (χ0) is 8.55. The Labute approximate surface area is 73.4 Å². The van der Waals surface area contributed by atoms with Crippen molar-refractivity contribution in [1.82, 2.24) is 0 Å². The summed E-state index contributed by atoms with van der Waals surface area (Å²) in [6.45, 7) is 5.26. The third-order valence-electron chi connectivity index (χ3n) is 2.44. The lowest BCUT2D eigenvalue weighted by Crippen LogP contribution is -1.93. The summed E-state index contributed by atoms with van der Waals surface area (Å²) in [5.41, 5.74) is 4.16. The normalized spacial score (nSPS) is 21.0. The lowest BCUT2D eigenvalue weighted by molar-refractivity contribution is 0.407.